The van der Waals surface area contributed by atoms with Gasteiger partial charge in [-0.05, 0) is 32.6 Å². The van der Waals surface area contributed by atoms with Crippen molar-refractivity contribution >= 4 is 5.95 Å². The number of hydrogen-bond acceptors (Lipinski definition) is 5. The number of aryl methyl sites for hydroxylation is 2. The lowest BCUT2D eigenvalue weighted by atomic mass is 10.2. The predicted octanol–water partition coefficient (Wildman–Crippen LogP) is 0.638. The van der Waals surface area contributed by atoms with E-state index in [1.807, 2.05) is 13.8 Å². The van der Waals surface area contributed by atoms with Crippen LogP contribution in [0, 0.1) is 19.8 Å². The van der Waals surface area contributed by atoms with Crippen LogP contribution in [0.3, 0.4) is 0 Å². The molecule has 15 heavy (non-hydrogen) atoms. The molecule has 1 atom stereocenters. The summed E-state index contributed by atoms with van der Waals surface area (Å²) in [5, 5.41) is 11.1. The van der Waals surface area contributed by atoms with Crippen LogP contribution in [-0.2, 0) is 0 Å². The van der Waals surface area contributed by atoms with Crippen molar-refractivity contribution in [2.75, 3.05) is 11.9 Å². The third kappa shape index (κ3) is 2.62. The first kappa shape index (κ1) is 10.3. The molecule has 1 heterocycles. The molecule has 1 aromatic rings. The van der Waals surface area contributed by atoms with Crippen LogP contribution in [0.1, 0.15) is 24.2 Å². The zero-order valence-electron chi connectivity index (χ0n) is 9.20. The summed E-state index contributed by atoms with van der Waals surface area (Å²) in [5.74, 6) is 1.27. The van der Waals surface area contributed by atoms with E-state index < -0.39 is 0 Å². The summed E-state index contributed by atoms with van der Waals surface area (Å²) < 4.78 is 0. The monoisotopic (exact) mass is 207 g/mol. The number of nitrogens with zero attached hydrogens (tertiary/aromatic N) is 3. The van der Waals surface area contributed by atoms with Gasteiger partial charge in [-0.3, -0.25) is 0 Å². The van der Waals surface area contributed by atoms with Crippen molar-refractivity contribution in [1.29, 1.82) is 0 Å². The van der Waals surface area contributed by atoms with E-state index in [1.165, 1.54) is 12.8 Å². The van der Waals surface area contributed by atoms with Gasteiger partial charge in [0.05, 0.1) is 11.4 Å². The lowest BCUT2D eigenvalue weighted by molar-refractivity contribution is 0.617. The molecule has 0 amide bonds. The molecule has 0 aromatic carbocycles. The Morgan fingerprint density at radius 2 is 2.07 bits per heavy atom. The molecular formula is C10H17N5. The van der Waals surface area contributed by atoms with E-state index in [9.17, 15) is 0 Å². The standard InChI is InChI=1S/C10H17N5/c1-6-7(2)14-15-10(13-6)12-5-9(11)8-3-4-8/h8-9H,3-5,11H2,1-2H3,(H,12,13,15). The Morgan fingerprint density at radius 1 is 1.33 bits per heavy atom. The van der Waals surface area contributed by atoms with Gasteiger partial charge in [0.1, 0.15) is 0 Å². The lowest BCUT2D eigenvalue weighted by Crippen LogP contribution is -2.31. The average molecular weight is 207 g/mol. The van der Waals surface area contributed by atoms with Gasteiger partial charge in [-0.2, -0.15) is 5.10 Å². The lowest BCUT2D eigenvalue weighted by Gasteiger charge is -2.11. The van der Waals surface area contributed by atoms with Crippen molar-refractivity contribution in [2.24, 2.45) is 11.7 Å². The molecule has 2 rings (SSSR count). The summed E-state index contributed by atoms with van der Waals surface area (Å²) in [6.45, 7) is 4.56. The fourth-order valence-corrected chi connectivity index (χ4v) is 1.43. The Morgan fingerprint density at radius 3 is 2.67 bits per heavy atom. The normalized spacial score (nSPS) is 17.5. The molecule has 5 nitrogen and oxygen atoms in total. The van der Waals surface area contributed by atoms with Crippen molar-refractivity contribution in [3.63, 3.8) is 0 Å². The summed E-state index contributed by atoms with van der Waals surface area (Å²) in [5.41, 5.74) is 7.73. The highest BCUT2D eigenvalue weighted by molar-refractivity contribution is 5.25. The molecule has 3 N–H and O–H groups in total. The summed E-state index contributed by atoms with van der Waals surface area (Å²) in [6, 6.07) is 0.218. The summed E-state index contributed by atoms with van der Waals surface area (Å²) in [4.78, 5) is 4.28. The van der Waals surface area contributed by atoms with Crippen LogP contribution in [-0.4, -0.2) is 27.8 Å². The molecule has 0 spiro atoms. The Kier molecular flexibility index (Phi) is 2.81. The molecule has 1 saturated carbocycles. The van der Waals surface area contributed by atoms with Crippen molar-refractivity contribution in [3.05, 3.63) is 11.4 Å². The largest absolute Gasteiger partial charge is 0.351 e. The smallest absolute Gasteiger partial charge is 0.243 e. The van der Waals surface area contributed by atoms with Crippen molar-refractivity contribution in [1.82, 2.24) is 15.2 Å². The van der Waals surface area contributed by atoms with Gasteiger partial charge in [-0.25, -0.2) is 4.98 Å². The van der Waals surface area contributed by atoms with Gasteiger partial charge in [-0.1, -0.05) is 0 Å². The van der Waals surface area contributed by atoms with Gasteiger partial charge in [0, 0.05) is 12.6 Å². The quantitative estimate of drug-likeness (QED) is 0.757. The van der Waals surface area contributed by atoms with E-state index in [1.54, 1.807) is 0 Å². The van der Waals surface area contributed by atoms with Gasteiger partial charge in [-0.15, -0.1) is 5.10 Å². The van der Waals surface area contributed by atoms with E-state index in [4.69, 9.17) is 5.73 Å². The number of nitrogens with two attached hydrogens (primary N) is 1. The molecule has 0 radical (unpaired) electrons. The van der Waals surface area contributed by atoms with Gasteiger partial charge in [0.25, 0.3) is 0 Å². The maximum Gasteiger partial charge on any atom is 0.243 e. The fraction of sp³-hybridized carbons (Fsp3) is 0.700. The van der Waals surface area contributed by atoms with Crippen molar-refractivity contribution in [3.8, 4) is 0 Å². The second-order valence-electron chi connectivity index (χ2n) is 4.19. The van der Waals surface area contributed by atoms with E-state index in [0.29, 0.717) is 11.9 Å². The minimum Gasteiger partial charge on any atom is -0.351 e. The van der Waals surface area contributed by atoms with E-state index in [-0.39, 0.29) is 6.04 Å². The van der Waals surface area contributed by atoms with Crippen LogP contribution in [0.25, 0.3) is 0 Å². The Labute approximate surface area is 89.5 Å². The number of aromatic nitrogens is 3. The summed E-state index contributed by atoms with van der Waals surface area (Å²) in [7, 11) is 0. The molecule has 1 aliphatic carbocycles. The highest BCUT2D eigenvalue weighted by Gasteiger charge is 2.28. The molecule has 0 aliphatic heterocycles. The Bertz CT molecular complexity index is 348. The zero-order valence-corrected chi connectivity index (χ0v) is 9.20. The van der Waals surface area contributed by atoms with Crippen LogP contribution in [0.15, 0.2) is 0 Å². The summed E-state index contributed by atoms with van der Waals surface area (Å²) in [6.07, 6.45) is 2.52. The second kappa shape index (κ2) is 4.10. The number of anilines is 1. The van der Waals surface area contributed by atoms with Crippen LogP contribution in [0.4, 0.5) is 5.95 Å². The van der Waals surface area contributed by atoms with Crippen molar-refractivity contribution < 1.29 is 0 Å². The minimum absolute atomic E-state index is 0.218. The van der Waals surface area contributed by atoms with Gasteiger partial charge < -0.3 is 11.1 Å². The number of hydrogen-bond donors (Lipinski definition) is 2. The SMILES string of the molecule is Cc1nnc(NCC(N)C2CC2)nc1C. The Balaban J connectivity index is 1.89. The topological polar surface area (TPSA) is 76.7 Å². The maximum absolute atomic E-state index is 5.96. The number of rotatable bonds is 4. The van der Waals surface area contributed by atoms with Crippen LogP contribution in [0.2, 0.25) is 0 Å². The van der Waals surface area contributed by atoms with Crippen LogP contribution in [0.5, 0.6) is 0 Å². The first-order valence-electron chi connectivity index (χ1n) is 5.34. The minimum atomic E-state index is 0.218. The first-order valence-corrected chi connectivity index (χ1v) is 5.34. The van der Waals surface area contributed by atoms with Crippen LogP contribution >= 0.6 is 0 Å². The van der Waals surface area contributed by atoms with E-state index in [2.05, 4.69) is 20.5 Å². The van der Waals surface area contributed by atoms with Gasteiger partial charge in [0.15, 0.2) is 0 Å². The zero-order chi connectivity index (χ0) is 10.8. The maximum atomic E-state index is 5.96. The summed E-state index contributed by atoms with van der Waals surface area (Å²) >= 11 is 0. The molecular weight excluding hydrogens is 190 g/mol. The molecule has 82 valence electrons. The van der Waals surface area contributed by atoms with E-state index >= 15 is 0 Å². The molecule has 0 saturated heterocycles. The molecule has 5 heteroatoms. The molecule has 1 fully saturated rings. The van der Waals surface area contributed by atoms with E-state index in [0.717, 1.165) is 17.9 Å². The number of nitrogens with one attached hydrogen (secondary N) is 1. The molecule has 1 aromatic heterocycles. The van der Waals surface area contributed by atoms with Crippen molar-refractivity contribution in [2.45, 2.75) is 32.7 Å². The van der Waals surface area contributed by atoms with Crippen LogP contribution < -0.4 is 11.1 Å². The predicted molar refractivity (Wildman–Crippen MR) is 58.5 cm³/mol. The Hall–Kier alpha value is -1.23. The highest BCUT2D eigenvalue weighted by atomic mass is 15.2. The van der Waals surface area contributed by atoms with Gasteiger partial charge >= 0.3 is 0 Å². The first-order chi connectivity index (χ1) is 7.16. The third-order valence-electron chi connectivity index (χ3n) is 2.82. The molecule has 1 aliphatic rings. The highest BCUT2D eigenvalue weighted by Crippen LogP contribution is 2.31. The fourth-order valence-electron chi connectivity index (χ4n) is 1.43. The molecule has 1 unspecified atom stereocenters. The third-order valence-corrected chi connectivity index (χ3v) is 2.82. The van der Waals surface area contributed by atoms with Gasteiger partial charge in [0.2, 0.25) is 5.95 Å². The second-order valence-corrected chi connectivity index (χ2v) is 4.19. The average Bonchev–Trinajstić information content (AvgIpc) is 3.03. The molecule has 0 bridgehead atoms.